The molecule has 0 heterocycles. The van der Waals surface area contributed by atoms with Gasteiger partial charge in [-0.05, 0) is 6.92 Å². The Hall–Kier alpha value is -0.240. The summed E-state index contributed by atoms with van der Waals surface area (Å²) in [5, 5.41) is 46.6. The summed E-state index contributed by atoms with van der Waals surface area (Å²) in [7, 11) is 0. The Balaban J connectivity index is 2.93. The molecule has 1 saturated carbocycles. The van der Waals surface area contributed by atoms with Crippen molar-refractivity contribution >= 4 is 0 Å². The summed E-state index contributed by atoms with van der Waals surface area (Å²) in [5.41, 5.74) is 3.41. The fourth-order valence-corrected chi connectivity index (χ4v) is 1.51. The number of aliphatic hydroxyl groups excluding tert-OH is 4. The summed E-state index contributed by atoms with van der Waals surface area (Å²) < 4.78 is 0. The number of hydrogen-bond acceptors (Lipinski definition) is 6. The summed E-state index contributed by atoms with van der Waals surface area (Å²) in [6.45, 7) is 1.15. The van der Waals surface area contributed by atoms with Crippen molar-refractivity contribution in [1.82, 2.24) is 0 Å². The highest BCUT2D eigenvalue weighted by molar-refractivity contribution is 5.07. The van der Waals surface area contributed by atoms with Gasteiger partial charge in [-0.25, -0.2) is 0 Å². The first kappa shape index (κ1) is 10.8. The van der Waals surface area contributed by atoms with Crippen molar-refractivity contribution in [2.45, 2.75) is 43.0 Å². The van der Waals surface area contributed by atoms with Gasteiger partial charge < -0.3 is 31.3 Å². The predicted octanol–water partition coefficient (Wildman–Crippen LogP) is -3.48. The van der Waals surface area contributed by atoms with E-state index in [0.29, 0.717) is 0 Å². The van der Waals surface area contributed by atoms with Crippen LogP contribution in [0.25, 0.3) is 0 Å². The lowest BCUT2D eigenvalue weighted by molar-refractivity contribution is -0.229. The van der Waals surface area contributed by atoms with E-state index in [0.717, 1.165) is 6.92 Å². The van der Waals surface area contributed by atoms with Gasteiger partial charge in [-0.2, -0.15) is 0 Å². The summed E-state index contributed by atoms with van der Waals surface area (Å²) in [6, 6.07) is -1.17. The largest absolute Gasteiger partial charge is 0.389 e. The zero-order valence-corrected chi connectivity index (χ0v) is 7.20. The fraction of sp³-hybridized carbons (Fsp3) is 1.00. The Morgan fingerprint density at radius 2 is 1.46 bits per heavy atom. The standard InChI is InChI=1S/C7H15NO5/c1-7(13)5(11)2(8)3(9)4(10)6(7)12/h2-6,9-13H,8H2,1H3/t2-,3-,4+,5+,6+,7+/m1/s1. The van der Waals surface area contributed by atoms with Crippen LogP contribution < -0.4 is 5.73 Å². The Kier molecular flexibility index (Phi) is 2.63. The Morgan fingerprint density at radius 3 is 1.92 bits per heavy atom. The van der Waals surface area contributed by atoms with E-state index in [4.69, 9.17) is 5.73 Å². The van der Waals surface area contributed by atoms with Crippen LogP contribution >= 0.6 is 0 Å². The number of hydrogen-bond donors (Lipinski definition) is 6. The van der Waals surface area contributed by atoms with Crippen LogP contribution in [0, 0.1) is 0 Å². The van der Waals surface area contributed by atoms with E-state index in [1.165, 1.54) is 0 Å². The SMILES string of the molecule is C[C@]1(O)[C@@H](O)[C@H](N)[C@@H](O)[C@H](O)[C@@H]1O. The Labute approximate surface area is 75.2 Å². The molecule has 0 bridgehead atoms. The van der Waals surface area contributed by atoms with E-state index in [9.17, 15) is 25.5 Å². The Morgan fingerprint density at radius 1 is 1.00 bits per heavy atom. The van der Waals surface area contributed by atoms with Gasteiger partial charge in [0.15, 0.2) is 0 Å². The van der Waals surface area contributed by atoms with Crippen molar-refractivity contribution in [1.29, 1.82) is 0 Å². The van der Waals surface area contributed by atoms with Gasteiger partial charge in [0.25, 0.3) is 0 Å². The predicted molar refractivity (Wildman–Crippen MR) is 42.6 cm³/mol. The molecule has 0 amide bonds. The average Bonchev–Trinajstić information content (AvgIpc) is 2.09. The van der Waals surface area contributed by atoms with Gasteiger partial charge >= 0.3 is 0 Å². The van der Waals surface area contributed by atoms with Crippen LogP contribution in [0.2, 0.25) is 0 Å². The lowest BCUT2D eigenvalue weighted by atomic mass is 9.75. The maximum Gasteiger partial charge on any atom is 0.118 e. The van der Waals surface area contributed by atoms with Crippen LogP contribution in [0.1, 0.15) is 6.92 Å². The van der Waals surface area contributed by atoms with Gasteiger partial charge in [0.05, 0.1) is 6.04 Å². The first-order chi connectivity index (χ1) is 5.80. The van der Waals surface area contributed by atoms with Crippen molar-refractivity contribution in [3.8, 4) is 0 Å². The summed E-state index contributed by atoms with van der Waals surface area (Å²) in [4.78, 5) is 0. The molecule has 7 N–H and O–H groups in total. The third kappa shape index (κ3) is 1.45. The monoisotopic (exact) mass is 193 g/mol. The van der Waals surface area contributed by atoms with Crippen molar-refractivity contribution < 1.29 is 25.5 Å². The fourth-order valence-electron chi connectivity index (χ4n) is 1.51. The summed E-state index contributed by atoms with van der Waals surface area (Å²) in [5.74, 6) is 0. The normalized spacial score (nSPS) is 57.9. The van der Waals surface area contributed by atoms with Gasteiger partial charge in [-0.1, -0.05) is 0 Å². The molecule has 1 fully saturated rings. The lowest BCUT2D eigenvalue weighted by Gasteiger charge is -2.46. The molecular weight excluding hydrogens is 178 g/mol. The highest BCUT2D eigenvalue weighted by atomic mass is 16.4. The van der Waals surface area contributed by atoms with Gasteiger partial charge in [0.2, 0.25) is 0 Å². The third-order valence-electron chi connectivity index (χ3n) is 2.63. The molecule has 1 aliphatic carbocycles. The van der Waals surface area contributed by atoms with Crippen LogP contribution in [0.15, 0.2) is 0 Å². The number of nitrogens with two attached hydrogens (primary N) is 1. The smallest absolute Gasteiger partial charge is 0.118 e. The molecule has 0 spiro atoms. The molecule has 6 nitrogen and oxygen atoms in total. The molecular formula is C7H15NO5. The minimum Gasteiger partial charge on any atom is -0.389 e. The second-order valence-corrected chi connectivity index (χ2v) is 3.67. The molecule has 0 saturated heterocycles. The van der Waals surface area contributed by atoms with E-state index in [2.05, 4.69) is 0 Å². The number of aliphatic hydroxyl groups is 5. The Bertz CT molecular complexity index is 179. The highest BCUT2D eigenvalue weighted by Gasteiger charge is 2.53. The molecule has 0 aromatic carbocycles. The first-order valence-electron chi connectivity index (χ1n) is 4.00. The second kappa shape index (κ2) is 3.16. The number of rotatable bonds is 0. The van der Waals surface area contributed by atoms with Crippen LogP contribution in [0.5, 0.6) is 0 Å². The lowest BCUT2D eigenvalue weighted by Crippen LogP contribution is -2.71. The third-order valence-corrected chi connectivity index (χ3v) is 2.63. The highest BCUT2D eigenvalue weighted by Crippen LogP contribution is 2.28. The minimum absolute atomic E-state index is 1.15. The molecule has 1 rings (SSSR count). The van der Waals surface area contributed by atoms with Gasteiger partial charge in [0.1, 0.15) is 30.0 Å². The summed E-state index contributed by atoms with van der Waals surface area (Å²) >= 11 is 0. The van der Waals surface area contributed by atoms with Crippen LogP contribution in [-0.2, 0) is 0 Å². The van der Waals surface area contributed by atoms with Crippen molar-refractivity contribution in [3.05, 3.63) is 0 Å². The molecule has 0 aliphatic heterocycles. The van der Waals surface area contributed by atoms with E-state index in [-0.39, 0.29) is 0 Å². The first-order valence-corrected chi connectivity index (χ1v) is 4.00. The van der Waals surface area contributed by atoms with Crippen LogP contribution in [-0.4, -0.2) is 61.6 Å². The van der Waals surface area contributed by atoms with Gasteiger partial charge in [-0.3, -0.25) is 0 Å². The van der Waals surface area contributed by atoms with Gasteiger partial charge in [-0.15, -0.1) is 0 Å². The molecule has 0 unspecified atom stereocenters. The molecule has 78 valence electrons. The maximum atomic E-state index is 9.52. The van der Waals surface area contributed by atoms with E-state index in [1.54, 1.807) is 0 Å². The van der Waals surface area contributed by atoms with Gasteiger partial charge in [0, 0.05) is 0 Å². The molecule has 6 heteroatoms. The van der Waals surface area contributed by atoms with E-state index < -0.39 is 36.1 Å². The topological polar surface area (TPSA) is 127 Å². The van der Waals surface area contributed by atoms with Crippen molar-refractivity contribution in [2.75, 3.05) is 0 Å². The minimum atomic E-state index is -1.90. The molecule has 6 atom stereocenters. The van der Waals surface area contributed by atoms with Crippen LogP contribution in [0.4, 0.5) is 0 Å². The zero-order valence-electron chi connectivity index (χ0n) is 7.20. The molecule has 0 aromatic rings. The second-order valence-electron chi connectivity index (χ2n) is 3.67. The van der Waals surface area contributed by atoms with E-state index >= 15 is 0 Å². The zero-order chi connectivity index (χ0) is 10.4. The summed E-state index contributed by atoms with van der Waals surface area (Å²) in [6.07, 6.45) is -6.07. The van der Waals surface area contributed by atoms with Crippen molar-refractivity contribution in [2.24, 2.45) is 5.73 Å². The maximum absolute atomic E-state index is 9.52. The van der Waals surface area contributed by atoms with E-state index in [1.807, 2.05) is 0 Å². The quantitative estimate of drug-likeness (QED) is 0.237. The van der Waals surface area contributed by atoms with Crippen molar-refractivity contribution in [3.63, 3.8) is 0 Å². The molecule has 0 radical (unpaired) electrons. The average molecular weight is 193 g/mol. The van der Waals surface area contributed by atoms with Crippen LogP contribution in [0.3, 0.4) is 0 Å². The molecule has 1 aliphatic rings. The molecule has 0 aromatic heterocycles. The molecule has 13 heavy (non-hydrogen) atoms.